The van der Waals surface area contributed by atoms with E-state index in [-0.39, 0.29) is 0 Å². The first-order valence-electron chi connectivity index (χ1n) is 7.65. The first-order valence-corrected chi connectivity index (χ1v) is 7.65. The molecule has 108 valence electrons. The lowest BCUT2D eigenvalue weighted by Gasteiger charge is -2.25. The van der Waals surface area contributed by atoms with Crippen molar-refractivity contribution in [2.45, 2.75) is 45.7 Å². The first-order chi connectivity index (χ1) is 9.24. The third kappa shape index (κ3) is 5.33. The molecule has 1 fully saturated rings. The van der Waals surface area contributed by atoms with Gasteiger partial charge in [-0.05, 0) is 44.8 Å². The van der Waals surface area contributed by atoms with Crippen LogP contribution in [0.25, 0.3) is 0 Å². The molecular formula is C15H28N4. The van der Waals surface area contributed by atoms with E-state index < -0.39 is 0 Å². The minimum atomic E-state index is 0.677. The molecule has 0 amide bonds. The molecule has 1 atom stereocenters. The van der Waals surface area contributed by atoms with Crippen LogP contribution < -0.4 is 5.32 Å². The Morgan fingerprint density at radius 1 is 1.37 bits per heavy atom. The van der Waals surface area contributed by atoms with Gasteiger partial charge in [0.05, 0.1) is 6.33 Å². The summed E-state index contributed by atoms with van der Waals surface area (Å²) in [4.78, 5) is 6.72. The maximum atomic E-state index is 4.09. The summed E-state index contributed by atoms with van der Waals surface area (Å²) in [6.07, 6.45) is 9.59. The number of nitrogens with zero attached hydrogens (tertiary/aromatic N) is 3. The van der Waals surface area contributed by atoms with Crippen molar-refractivity contribution in [3.8, 4) is 0 Å². The SMILES string of the molecule is CC(C)CC1CN(CCCn2ccnc2)CCCN1. The zero-order chi connectivity index (χ0) is 13.5. The van der Waals surface area contributed by atoms with E-state index in [9.17, 15) is 0 Å². The molecule has 0 aliphatic carbocycles. The van der Waals surface area contributed by atoms with Gasteiger partial charge in [-0.2, -0.15) is 0 Å². The van der Waals surface area contributed by atoms with Crippen molar-refractivity contribution in [1.29, 1.82) is 0 Å². The summed E-state index contributed by atoms with van der Waals surface area (Å²) in [6.45, 7) is 10.5. The molecule has 1 saturated heterocycles. The molecule has 2 heterocycles. The van der Waals surface area contributed by atoms with Gasteiger partial charge in [0.25, 0.3) is 0 Å². The Morgan fingerprint density at radius 2 is 2.26 bits per heavy atom. The van der Waals surface area contributed by atoms with Crippen LogP contribution in [0.5, 0.6) is 0 Å². The molecule has 4 nitrogen and oxygen atoms in total. The van der Waals surface area contributed by atoms with Gasteiger partial charge < -0.3 is 14.8 Å². The molecule has 1 aromatic heterocycles. The lowest BCUT2D eigenvalue weighted by Crippen LogP contribution is -2.39. The van der Waals surface area contributed by atoms with Gasteiger partial charge in [0, 0.05) is 31.5 Å². The van der Waals surface area contributed by atoms with Crippen LogP contribution in [-0.2, 0) is 6.54 Å². The minimum Gasteiger partial charge on any atom is -0.337 e. The topological polar surface area (TPSA) is 33.1 Å². The summed E-state index contributed by atoms with van der Waals surface area (Å²) >= 11 is 0. The number of aryl methyl sites for hydroxylation is 1. The Bertz CT molecular complexity index is 334. The van der Waals surface area contributed by atoms with E-state index in [2.05, 4.69) is 33.6 Å². The van der Waals surface area contributed by atoms with E-state index in [0.717, 1.165) is 12.5 Å². The quantitative estimate of drug-likeness (QED) is 0.853. The van der Waals surface area contributed by atoms with E-state index in [0.29, 0.717) is 6.04 Å². The minimum absolute atomic E-state index is 0.677. The van der Waals surface area contributed by atoms with Crippen molar-refractivity contribution >= 4 is 0 Å². The van der Waals surface area contributed by atoms with Crippen molar-refractivity contribution in [1.82, 2.24) is 19.8 Å². The van der Waals surface area contributed by atoms with Gasteiger partial charge in [-0.1, -0.05) is 13.8 Å². The second kappa shape index (κ2) is 7.65. The van der Waals surface area contributed by atoms with E-state index >= 15 is 0 Å². The molecule has 1 N–H and O–H groups in total. The Balaban J connectivity index is 1.72. The van der Waals surface area contributed by atoms with Crippen LogP contribution in [0.15, 0.2) is 18.7 Å². The highest BCUT2D eigenvalue weighted by Crippen LogP contribution is 2.10. The molecule has 1 unspecified atom stereocenters. The highest BCUT2D eigenvalue weighted by Gasteiger charge is 2.17. The number of hydrogen-bond donors (Lipinski definition) is 1. The van der Waals surface area contributed by atoms with Crippen molar-refractivity contribution in [2.24, 2.45) is 5.92 Å². The monoisotopic (exact) mass is 264 g/mol. The zero-order valence-electron chi connectivity index (χ0n) is 12.4. The van der Waals surface area contributed by atoms with Crippen LogP contribution in [0, 0.1) is 5.92 Å². The van der Waals surface area contributed by atoms with Crippen molar-refractivity contribution in [3.05, 3.63) is 18.7 Å². The average molecular weight is 264 g/mol. The van der Waals surface area contributed by atoms with Crippen LogP contribution in [0.1, 0.15) is 33.1 Å². The summed E-state index contributed by atoms with van der Waals surface area (Å²) < 4.78 is 2.17. The van der Waals surface area contributed by atoms with Gasteiger partial charge in [0.1, 0.15) is 0 Å². The van der Waals surface area contributed by atoms with Crippen LogP contribution in [0.3, 0.4) is 0 Å². The summed E-state index contributed by atoms with van der Waals surface area (Å²) in [6, 6.07) is 0.677. The fraction of sp³-hybridized carbons (Fsp3) is 0.800. The number of aromatic nitrogens is 2. The van der Waals surface area contributed by atoms with E-state index in [1.54, 1.807) is 0 Å². The highest BCUT2D eigenvalue weighted by atomic mass is 15.2. The number of nitrogens with one attached hydrogen (secondary N) is 1. The van der Waals surface area contributed by atoms with Gasteiger partial charge in [-0.25, -0.2) is 4.98 Å². The second-order valence-electron chi connectivity index (χ2n) is 6.09. The van der Waals surface area contributed by atoms with Gasteiger partial charge in [-0.3, -0.25) is 0 Å². The Morgan fingerprint density at radius 3 is 3.00 bits per heavy atom. The molecule has 1 aliphatic rings. The number of imidazole rings is 1. The average Bonchev–Trinajstić information content (AvgIpc) is 2.77. The van der Waals surface area contributed by atoms with E-state index in [1.165, 1.54) is 45.4 Å². The predicted molar refractivity (Wildman–Crippen MR) is 79.1 cm³/mol. The number of rotatable bonds is 6. The largest absolute Gasteiger partial charge is 0.337 e. The lowest BCUT2D eigenvalue weighted by atomic mass is 10.0. The molecule has 0 aromatic carbocycles. The predicted octanol–water partition coefficient (Wildman–Crippen LogP) is 1.98. The van der Waals surface area contributed by atoms with Gasteiger partial charge in [-0.15, -0.1) is 0 Å². The van der Waals surface area contributed by atoms with Crippen molar-refractivity contribution < 1.29 is 0 Å². The third-order valence-electron chi connectivity index (χ3n) is 3.77. The summed E-state index contributed by atoms with van der Waals surface area (Å²) in [7, 11) is 0. The Labute approximate surface area is 117 Å². The number of hydrogen-bond acceptors (Lipinski definition) is 3. The zero-order valence-corrected chi connectivity index (χ0v) is 12.4. The van der Waals surface area contributed by atoms with E-state index in [1.807, 2.05) is 18.7 Å². The summed E-state index contributed by atoms with van der Waals surface area (Å²) in [5.41, 5.74) is 0. The molecule has 0 spiro atoms. The lowest BCUT2D eigenvalue weighted by molar-refractivity contribution is 0.248. The highest BCUT2D eigenvalue weighted by molar-refractivity contribution is 4.78. The van der Waals surface area contributed by atoms with E-state index in [4.69, 9.17) is 0 Å². The Kier molecular flexibility index (Phi) is 5.86. The molecule has 0 saturated carbocycles. The molecule has 0 bridgehead atoms. The molecule has 1 aliphatic heterocycles. The second-order valence-corrected chi connectivity index (χ2v) is 6.09. The third-order valence-corrected chi connectivity index (χ3v) is 3.77. The Hall–Kier alpha value is -0.870. The summed E-state index contributed by atoms with van der Waals surface area (Å²) in [5, 5.41) is 3.69. The molecule has 4 heteroatoms. The van der Waals surface area contributed by atoms with Gasteiger partial charge >= 0.3 is 0 Å². The van der Waals surface area contributed by atoms with Crippen LogP contribution in [0.4, 0.5) is 0 Å². The fourth-order valence-corrected chi connectivity index (χ4v) is 2.90. The molecule has 0 radical (unpaired) electrons. The molecule has 2 rings (SSSR count). The van der Waals surface area contributed by atoms with Crippen LogP contribution in [-0.4, -0.2) is 46.7 Å². The van der Waals surface area contributed by atoms with Gasteiger partial charge in [0.15, 0.2) is 0 Å². The maximum absolute atomic E-state index is 4.09. The van der Waals surface area contributed by atoms with Gasteiger partial charge in [0.2, 0.25) is 0 Å². The van der Waals surface area contributed by atoms with Crippen LogP contribution in [0.2, 0.25) is 0 Å². The smallest absolute Gasteiger partial charge is 0.0945 e. The maximum Gasteiger partial charge on any atom is 0.0945 e. The molecular weight excluding hydrogens is 236 g/mol. The first kappa shape index (κ1) is 14.5. The molecule has 1 aromatic rings. The van der Waals surface area contributed by atoms with Crippen molar-refractivity contribution in [2.75, 3.05) is 26.2 Å². The molecule has 19 heavy (non-hydrogen) atoms. The van der Waals surface area contributed by atoms with Crippen LogP contribution >= 0.6 is 0 Å². The summed E-state index contributed by atoms with van der Waals surface area (Å²) in [5.74, 6) is 0.781. The van der Waals surface area contributed by atoms with Crippen molar-refractivity contribution in [3.63, 3.8) is 0 Å². The normalized spacial score (nSPS) is 21.7. The standard InChI is InChI=1S/C15H28N4/c1-14(2)11-15-12-18(7-3-5-17-15)8-4-9-19-10-6-16-13-19/h6,10,13-15,17H,3-5,7-9,11-12H2,1-2H3. The fourth-order valence-electron chi connectivity index (χ4n) is 2.90.